The van der Waals surface area contributed by atoms with Crippen molar-refractivity contribution in [2.75, 3.05) is 53.4 Å². The molecule has 8 N–H and O–H groups in total. The summed E-state index contributed by atoms with van der Waals surface area (Å²) in [4.78, 5) is 170. The van der Waals surface area contributed by atoms with Crippen LogP contribution in [0.5, 0.6) is 46.0 Å². The van der Waals surface area contributed by atoms with Crippen molar-refractivity contribution in [1.29, 1.82) is 0 Å². The smallest absolute Gasteiger partial charge is 0.343 e. The molecule has 32 nitrogen and oxygen atoms in total. The number of unbranched alkanes of at least 4 members (excludes halogenated alkanes) is 16. The summed E-state index contributed by atoms with van der Waals surface area (Å²) in [6, 6.07) is 3.97. The van der Waals surface area contributed by atoms with Crippen molar-refractivity contribution >= 4 is 71.4 Å². The van der Waals surface area contributed by atoms with Crippen molar-refractivity contribution in [2.45, 2.75) is 205 Å². The molecular weight excluding hydrogens is 1400 g/mol. The van der Waals surface area contributed by atoms with Gasteiger partial charge in [-0.3, -0.25) is 81.3 Å². The maximum atomic E-state index is 16.0. The number of hydrogen-bond acceptors (Lipinski definition) is 20. The lowest BCUT2D eigenvalue weighted by Gasteiger charge is -2.37. The van der Waals surface area contributed by atoms with E-state index in [-0.39, 0.29) is 93.9 Å². The minimum atomic E-state index is -0.962. The van der Waals surface area contributed by atoms with Gasteiger partial charge in [0, 0.05) is 68.2 Å². The molecule has 0 aromatic heterocycles. The summed E-state index contributed by atoms with van der Waals surface area (Å²) in [5, 5.41) is 12.2. The van der Waals surface area contributed by atoms with Crippen molar-refractivity contribution in [3.63, 3.8) is 0 Å². The summed E-state index contributed by atoms with van der Waals surface area (Å²) in [5.74, 6) is -11.0. The van der Waals surface area contributed by atoms with Crippen molar-refractivity contribution in [3.05, 3.63) is 91.0 Å². The van der Waals surface area contributed by atoms with Gasteiger partial charge in [-0.05, 0) is 49.9 Å². The van der Waals surface area contributed by atoms with Crippen LogP contribution in [0.25, 0.3) is 0 Å². The molecule has 8 bridgehead atoms. The Hall–Kier alpha value is -11.1. The van der Waals surface area contributed by atoms with E-state index >= 15 is 19.2 Å². The highest BCUT2D eigenvalue weighted by atomic mass is 16.7. The van der Waals surface area contributed by atoms with Gasteiger partial charge in [0.15, 0.2) is 0 Å². The number of nitrogens with one attached hydrogen (secondary N) is 8. The molecule has 0 saturated carbocycles. The van der Waals surface area contributed by atoms with Gasteiger partial charge >= 0.3 is 24.1 Å². The predicted molar refractivity (Wildman–Crippen MR) is 382 cm³/mol. The lowest BCUT2D eigenvalue weighted by Crippen LogP contribution is -2.45. The van der Waals surface area contributed by atoms with E-state index in [9.17, 15) is 38.4 Å². The Morgan fingerprint density at radius 1 is 0.296 bits per heavy atom. The molecule has 8 aliphatic heterocycles. The normalized spacial score (nSPS) is 19.1. The van der Waals surface area contributed by atoms with Crippen LogP contribution in [0.2, 0.25) is 0 Å². The Bertz CT molecular complexity index is 3640. The monoisotopic (exact) mass is 1490 g/mol. The highest BCUT2D eigenvalue weighted by Crippen LogP contribution is 2.59. The summed E-state index contributed by atoms with van der Waals surface area (Å²) >= 11 is 0. The average molecular weight is 1490 g/mol. The second kappa shape index (κ2) is 33.4. The van der Waals surface area contributed by atoms with E-state index in [4.69, 9.17) is 37.9 Å². The SMILES string of the molecule is CCCCCCCC1c2cc3c4c(C(=O)NN5CC(=O)NC5=O)c2OCOc2c1cc1c(c2C(=O)NN2CC(=O)NC2=O)OCOc2c(cc5c(c2C(=O)NN2CC(=O)NC2=O)OCOc2c(cc(c(c2C(=O)NN2CC(=O)NC2=O)OCO4)C3CCCCCCC)C5CCCCCCC)C1CCCCCCC. The van der Waals surface area contributed by atoms with Crippen LogP contribution in [0.4, 0.5) is 19.2 Å². The van der Waals surface area contributed by atoms with E-state index in [1.54, 1.807) is 0 Å². The highest BCUT2D eigenvalue weighted by molar-refractivity contribution is 6.10. The van der Waals surface area contributed by atoms with Gasteiger partial charge in [-0.2, -0.15) is 0 Å². The molecule has 32 heteroatoms. The average Bonchev–Trinajstić information content (AvgIpc) is 0.837. The maximum Gasteiger partial charge on any atom is 0.343 e. The molecule has 16 amide bonds. The third-order valence-electron chi connectivity index (χ3n) is 21.2. The summed E-state index contributed by atoms with van der Waals surface area (Å²) in [5.41, 5.74) is 12.6. The number of hydrogen-bond donors (Lipinski definition) is 8. The number of imide groups is 4. The first kappa shape index (κ1) is 75.2. The van der Waals surface area contributed by atoms with Crippen molar-refractivity contribution < 1.29 is 95.4 Å². The van der Waals surface area contributed by atoms with Gasteiger partial charge in [0.1, 0.15) is 94.4 Å². The minimum absolute atomic E-state index is 0.0770. The molecule has 13 rings (SSSR count). The van der Waals surface area contributed by atoms with Crippen molar-refractivity contribution in [2.24, 2.45) is 0 Å². The van der Waals surface area contributed by atoms with Gasteiger partial charge in [0.05, 0.1) is 0 Å². The van der Waals surface area contributed by atoms with Crippen LogP contribution in [0, 0.1) is 0 Å². The van der Waals surface area contributed by atoms with Gasteiger partial charge < -0.3 is 37.9 Å². The molecule has 0 unspecified atom stereocenters. The first-order chi connectivity index (χ1) is 52.4. The first-order valence-electron chi connectivity index (χ1n) is 37.9. The third-order valence-corrected chi connectivity index (χ3v) is 21.2. The molecular formula is C76H92N12O20. The van der Waals surface area contributed by atoms with E-state index in [2.05, 4.69) is 70.7 Å². The zero-order valence-corrected chi connectivity index (χ0v) is 61.2. The molecule has 0 spiro atoms. The second-order valence-electron chi connectivity index (χ2n) is 28.5. The van der Waals surface area contributed by atoms with E-state index < -0.39 is 148 Å². The number of carbonyl (C=O) groups is 12. The van der Waals surface area contributed by atoms with Crippen LogP contribution in [-0.2, 0) is 19.2 Å². The number of amides is 16. The minimum Gasteiger partial charge on any atom is -0.456 e. The van der Waals surface area contributed by atoms with Crippen LogP contribution < -0.4 is 80.9 Å². The first-order valence-corrected chi connectivity index (χ1v) is 37.9. The molecule has 0 atom stereocenters. The van der Waals surface area contributed by atoms with Gasteiger partial charge in [0.25, 0.3) is 23.6 Å². The van der Waals surface area contributed by atoms with Crippen LogP contribution in [-0.4, -0.2) is 145 Å². The van der Waals surface area contributed by atoms with E-state index in [1.807, 2.05) is 24.3 Å². The third kappa shape index (κ3) is 15.4. The number of hydrazine groups is 4. The zero-order chi connectivity index (χ0) is 75.9. The van der Waals surface area contributed by atoms with Crippen molar-refractivity contribution in [3.8, 4) is 46.0 Å². The summed E-state index contributed by atoms with van der Waals surface area (Å²) in [7, 11) is 0. The maximum absolute atomic E-state index is 16.0. The van der Waals surface area contributed by atoms with E-state index in [0.717, 1.165) is 97.1 Å². The summed E-state index contributed by atoms with van der Waals surface area (Å²) < 4.78 is 55.0. The van der Waals surface area contributed by atoms with Gasteiger partial charge in [-0.15, -0.1) is 0 Å². The topological polar surface area (TPSA) is 388 Å². The van der Waals surface area contributed by atoms with Crippen LogP contribution >= 0.6 is 0 Å². The molecule has 4 saturated heterocycles. The highest BCUT2D eigenvalue weighted by Gasteiger charge is 2.47. The molecule has 0 radical (unpaired) electrons. The Morgan fingerprint density at radius 2 is 0.472 bits per heavy atom. The lowest BCUT2D eigenvalue weighted by molar-refractivity contribution is -0.119. The molecule has 8 heterocycles. The molecule has 4 aromatic rings. The zero-order valence-electron chi connectivity index (χ0n) is 61.2. The number of rotatable bonds is 32. The summed E-state index contributed by atoms with van der Waals surface area (Å²) in [6.07, 6.45) is 16.4. The van der Waals surface area contributed by atoms with Gasteiger partial charge in [-0.1, -0.05) is 156 Å². The largest absolute Gasteiger partial charge is 0.456 e. The molecule has 4 fully saturated rings. The predicted octanol–water partition coefficient (Wildman–Crippen LogP) is 9.67. The number of carbonyl (C=O) groups excluding carboxylic acids is 12. The quantitative estimate of drug-likeness (QED) is 0.0166. The fourth-order valence-electron chi connectivity index (χ4n) is 16.1. The Morgan fingerprint density at radius 3 is 0.630 bits per heavy atom. The van der Waals surface area contributed by atoms with Crippen LogP contribution in [0.3, 0.4) is 0 Å². The summed E-state index contributed by atoms with van der Waals surface area (Å²) in [6.45, 7) is 3.16. The molecule has 108 heavy (non-hydrogen) atoms. The standard InChI is InChI=1S/C76H92N12O20/c1-5-9-13-17-21-25-41-45-29-47-42(26-22-18-14-10-6-2)49-31-51-44(28-24-20-16-12-8-4)52-32-50-43(27-23-19-15-11-7-3)48-30-46(41)62-58(70(94)82-86-34-54(90)78-74(86)98)64(48)104-39-106-66(50)60(72(96)84-88-36-56(92)80-76(88)100)68(52)108-40-107-67(51)59(71(95)83-87-35-55(91)79-75(87)99)65(49)105-38-103-63(47)57(61(45)101-37-102-62)69(93)81-85-33-53(89)77-73(85)97/h29-32,41-44H,5-28,33-40H2,1-4H3,(H,81,93)(H,82,94)(H,83,95)(H,84,96)(H,77,89,97)(H,78,90,98)(H,79,91,99)(H,80,92,100). The Kier molecular flexibility index (Phi) is 23.2. The lowest BCUT2D eigenvalue weighted by atomic mass is 9.74. The van der Waals surface area contributed by atoms with Gasteiger partial charge in [0.2, 0.25) is 50.8 Å². The second-order valence-corrected chi connectivity index (χ2v) is 28.5. The fraction of sp³-hybridized carbons (Fsp3) is 0.526. The van der Waals surface area contributed by atoms with Crippen LogP contribution in [0.1, 0.15) is 291 Å². The van der Waals surface area contributed by atoms with Gasteiger partial charge in [-0.25, -0.2) is 39.2 Å². The van der Waals surface area contributed by atoms with E-state index in [0.29, 0.717) is 95.9 Å². The van der Waals surface area contributed by atoms with Crippen molar-refractivity contribution in [1.82, 2.24) is 63.0 Å². The Labute approximate surface area is 623 Å². The number of nitrogens with zero attached hydrogens (tertiary/aromatic N) is 4. The fourth-order valence-corrected chi connectivity index (χ4v) is 16.1. The van der Waals surface area contributed by atoms with Crippen LogP contribution in [0.15, 0.2) is 24.3 Å². The number of ether oxygens (including phenoxy) is 8. The number of urea groups is 4. The number of benzene rings is 4. The molecule has 4 aromatic carbocycles. The molecule has 576 valence electrons. The van der Waals surface area contributed by atoms with E-state index in [1.165, 1.54) is 0 Å². The molecule has 9 aliphatic rings. The Balaban J connectivity index is 1.20. The molecule has 1 aliphatic carbocycles.